The minimum absolute atomic E-state index is 0.0235. The lowest BCUT2D eigenvalue weighted by Crippen LogP contribution is -2.55. The third kappa shape index (κ3) is 4.83. The third-order valence-electron chi connectivity index (χ3n) is 5.37. The molecule has 1 aliphatic heterocycles. The Hall–Kier alpha value is -1.92. The molecule has 142 valence electrons. The van der Waals surface area contributed by atoms with Crippen LogP contribution in [0, 0.1) is 13.8 Å². The van der Waals surface area contributed by atoms with E-state index in [1.165, 1.54) is 0 Å². The largest absolute Gasteiger partial charge is 0.352 e. The van der Waals surface area contributed by atoms with Crippen LogP contribution in [0.2, 0.25) is 0 Å². The molecule has 2 fully saturated rings. The van der Waals surface area contributed by atoms with Gasteiger partial charge in [0, 0.05) is 37.9 Å². The molecule has 1 saturated heterocycles. The molecule has 1 aromatic carbocycles. The van der Waals surface area contributed by atoms with E-state index in [-0.39, 0.29) is 17.9 Å². The Morgan fingerprint density at radius 3 is 2.31 bits per heavy atom. The molecule has 1 aliphatic carbocycles. The van der Waals surface area contributed by atoms with E-state index in [9.17, 15) is 9.59 Å². The number of aryl methyl sites for hydroxylation is 2. The Bertz CT molecular complexity index is 644. The number of rotatable bonds is 6. The van der Waals surface area contributed by atoms with Crippen LogP contribution in [0.4, 0.5) is 5.69 Å². The number of amides is 2. The fourth-order valence-electron chi connectivity index (χ4n) is 3.42. The van der Waals surface area contributed by atoms with Crippen molar-refractivity contribution in [3.05, 3.63) is 29.3 Å². The van der Waals surface area contributed by atoms with E-state index >= 15 is 0 Å². The predicted octanol–water partition coefficient (Wildman–Crippen LogP) is 1.53. The zero-order chi connectivity index (χ0) is 18.7. The van der Waals surface area contributed by atoms with Gasteiger partial charge in [0.15, 0.2) is 0 Å². The third-order valence-corrected chi connectivity index (χ3v) is 5.37. The first-order chi connectivity index (χ1) is 12.4. The van der Waals surface area contributed by atoms with E-state index in [1.54, 1.807) is 0 Å². The lowest BCUT2D eigenvalue weighted by Gasteiger charge is -2.37. The molecule has 0 radical (unpaired) electrons. The van der Waals surface area contributed by atoms with Crippen LogP contribution >= 0.6 is 0 Å². The van der Waals surface area contributed by atoms with Crippen LogP contribution in [0.15, 0.2) is 18.2 Å². The molecular weight excluding hydrogens is 328 g/mol. The molecule has 1 unspecified atom stereocenters. The lowest BCUT2D eigenvalue weighted by atomic mass is 10.1. The molecule has 2 amide bonds. The highest BCUT2D eigenvalue weighted by Crippen LogP contribution is 2.20. The fraction of sp³-hybridized carbons (Fsp3) is 0.600. The molecule has 6 heteroatoms. The van der Waals surface area contributed by atoms with Crippen molar-refractivity contribution in [2.45, 2.75) is 45.7 Å². The molecule has 0 bridgehead atoms. The average molecular weight is 358 g/mol. The number of piperazine rings is 1. The van der Waals surface area contributed by atoms with Gasteiger partial charge >= 0.3 is 0 Å². The molecule has 0 aromatic heterocycles. The zero-order valence-corrected chi connectivity index (χ0v) is 16.0. The van der Waals surface area contributed by atoms with Crippen molar-refractivity contribution in [3.63, 3.8) is 0 Å². The van der Waals surface area contributed by atoms with E-state index in [1.807, 2.05) is 39.0 Å². The Morgan fingerprint density at radius 2 is 1.73 bits per heavy atom. The van der Waals surface area contributed by atoms with Crippen molar-refractivity contribution in [1.29, 1.82) is 0 Å². The fourth-order valence-corrected chi connectivity index (χ4v) is 3.42. The standard InChI is InChI=1S/C20H30N4O2/c1-14-5-4-6-15(2)19(14)22-18(25)13-23-9-11-24(12-10-23)16(3)20(26)21-17-7-8-17/h4-6,16-17H,7-13H2,1-3H3,(H,21,26)(H,22,25). The second kappa shape index (κ2) is 8.18. The number of para-hydroxylation sites is 1. The number of anilines is 1. The van der Waals surface area contributed by atoms with E-state index in [2.05, 4.69) is 20.4 Å². The summed E-state index contributed by atoms with van der Waals surface area (Å²) in [5, 5.41) is 6.12. The van der Waals surface area contributed by atoms with Gasteiger partial charge in [-0.3, -0.25) is 19.4 Å². The van der Waals surface area contributed by atoms with E-state index in [4.69, 9.17) is 0 Å². The molecule has 1 aromatic rings. The normalized spacial score (nSPS) is 19.8. The van der Waals surface area contributed by atoms with Gasteiger partial charge in [-0.05, 0) is 44.7 Å². The first-order valence-corrected chi connectivity index (χ1v) is 9.57. The Balaban J connectivity index is 1.44. The summed E-state index contributed by atoms with van der Waals surface area (Å²) in [6, 6.07) is 6.33. The molecule has 0 spiro atoms. The number of nitrogens with zero attached hydrogens (tertiary/aromatic N) is 2. The van der Waals surface area contributed by atoms with Crippen LogP contribution in [0.3, 0.4) is 0 Å². The minimum Gasteiger partial charge on any atom is -0.352 e. The van der Waals surface area contributed by atoms with Crippen LogP contribution in [-0.2, 0) is 9.59 Å². The van der Waals surface area contributed by atoms with Crippen LogP contribution in [-0.4, -0.2) is 66.4 Å². The number of hydrogen-bond acceptors (Lipinski definition) is 4. The van der Waals surface area contributed by atoms with Crippen LogP contribution < -0.4 is 10.6 Å². The van der Waals surface area contributed by atoms with Gasteiger partial charge in [-0.2, -0.15) is 0 Å². The van der Waals surface area contributed by atoms with Crippen LogP contribution in [0.25, 0.3) is 0 Å². The van der Waals surface area contributed by atoms with Gasteiger partial charge in [-0.1, -0.05) is 18.2 Å². The summed E-state index contributed by atoms with van der Waals surface area (Å²) < 4.78 is 0. The second-order valence-electron chi connectivity index (χ2n) is 7.59. The highest BCUT2D eigenvalue weighted by molar-refractivity contribution is 5.93. The number of hydrogen-bond donors (Lipinski definition) is 2. The molecule has 3 rings (SSSR count). The molecule has 1 saturated carbocycles. The Labute approximate surface area is 155 Å². The van der Waals surface area contributed by atoms with Crippen molar-refractivity contribution in [1.82, 2.24) is 15.1 Å². The summed E-state index contributed by atoms with van der Waals surface area (Å²) in [4.78, 5) is 29.0. The topological polar surface area (TPSA) is 64.7 Å². The Kier molecular flexibility index (Phi) is 5.94. The minimum atomic E-state index is -0.0961. The first-order valence-electron chi connectivity index (χ1n) is 9.57. The Morgan fingerprint density at radius 1 is 1.12 bits per heavy atom. The monoisotopic (exact) mass is 358 g/mol. The van der Waals surface area contributed by atoms with Gasteiger partial charge < -0.3 is 10.6 Å². The van der Waals surface area contributed by atoms with Gasteiger partial charge in [0.05, 0.1) is 12.6 Å². The number of carbonyl (C=O) groups is 2. The molecule has 2 N–H and O–H groups in total. The van der Waals surface area contributed by atoms with E-state index in [0.717, 1.165) is 55.8 Å². The molecule has 26 heavy (non-hydrogen) atoms. The van der Waals surface area contributed by atoms with Crippen molar-refractivity contribution in [2.75, 3.05) is 38.0 Å². The summed E-state index contributed by atoms with van der Waals surface area (Å²) in [5.41, 5.74) is 3.08. The van der Waals surface area contributed by atoms with E-state index in [0.29, 0.717) is 12.6 Å². The SMILES string of the molecule is Cc1cccc(C)c1NC(=O)CN1CCN(C(C)C(=O)NC2CC2)CC1. The maximum Gasteiger partial charge on any atom is 0.238 e. The second-order valence-corrected chi connectivity index (χ2v) is 7.59. The molecule has 1 heterocycles. The van der Waals surface area contributed by atoms with Crippen molar-refractivity contribution in [2.24, 2.45) is 0 Å². The molecule has 2 aliphatic rings. The summed E-state index contributed by atoms with van der Waals surface area (Å²) in [5.74, 6) is 0.157. The maximum absolute atomic E-state index is 12.4. The quantitative estimate of drug-likeness (QED) is 0.809. The van der Waals surface area contributed by atoms with Gasteiger partial charge in [0.2, 0.25) is 11.8 Å². The smallest absolute Gasteiger partial charge is 0.238 e. The highest BCUT2D eigenvalue weighted by atomic mass is 16.2. The summed E-state index contributed by atoms with van der Waals surface area (Å²) in [7, 11) is 0. The summed E-state index contributed by atoms with van der Waals surface area (Å²) in [6.45, 7) is 9.63. The number of benzene rings is 1. The maximum atomic E-state index is 12.4. The van der Waals surface area contributed by atoms with Gasteiger partial charge in [-0.25, -0.2) is 0 Å². The van der Waals surface area contributed by atoms with Gasteiger partial charge in [0.25, 0.3) is 0 Å². The van der Waals surface area contributed by atoms with E-state index < -0.39 is 0 Å². The average Bonchev–Trinajstić information content (AvgIpc) is 3.42. The van der Waals surface area contributed by atoms with Crippen LogP contribution in [0.5, 0.6) is 0 Å². The molecule has 6 nitrogen and oxygen atoms in total. The van der Waals surface area contributed by atoms with Crippen molar-refractivity contribution < 1.29 is 9.59 Å². The van der Waals surface area contributed by atoms with Crippen molar-refractivity contribution in [3.8, 4) is 0 Å². The summed E-state index contributed by atoms with van der Waals surface area (Å²) in [6.07, 6.45) is 2.23. The predicted molar refractivity (Wildman–Crippen MR) is 103 cm³/mol. The first kappa shape index (κ1) is 18.9. The highest BCUT2D eigenvalue weighted by Gasteiger charge is 2.30. The van der Waals surface area contributed by atoms with Crippen molar-refractivity contribution >= 4 is 17.5 Å². The lowest BCUT2D eigenvalue weighted by molar-refractivity contribution is -0.127. The molecular formula is C20H30N4O2. The number of carbonyl (C=O) groups excluding carboxylic acids is 2. The zero-order valence-electron chi connectivity index (χ0n) is 16.0. The molecule has 1 atom stereocenters. The van der Waals surface area contributed by atoms with Gasteiger partial charge in [-0.15, -0.1) is 0 Å². The van der Waals surface area contributed by atoms with Gasteiger partial charge in [0.1, 0.15) is 0 Å². The van der Waals surface area contributed by atoms with Crippen LogP contribution in [0.1, 0.15) is 30.9 Å². The summed E-state index contributed by atoms with van der Waals surface area (Å²) >= 11 is 0. The number of nitrogens with one attached hydrogen (secondary N) is 2.